The molecule has 0 saturated carbocycles. The van der Waals surface area contributed by atoms with Crippen molar-refractivity contribution in [3.63, 3.8) is 0 Å². The summed E-state index contributed by atoms with van der Waals surface area (Å²) >= 11 is 1.50. The highest BCUT2D eigenvalue weighted by Crippen LogP contribution is 2.32. The minimum Gasteiger partial charge on any atom is -0.482 e. The first-order chi connectivity index (χ1) is 18.7. The van der Waals surface area contributed by atoms with Crippen molar-refractivity contribution in [2.75, 3.05) is 17.7 Å². The van der Waals surface area contributed by atoms with Crippen LogP contribution in [0.2, 0.25) is 0 Å². The van der Waals surface area contributed by atoms with E-state index in [1.165, 1.54) is 11.8 Å². The maximum atomic E-state index is 12.9. The molecule has 2 aliphatic rings. The number of nitrogens with zero attached hydrogens (tertiary/aromatic N) is 4. The molecule has 4 aromatic rings. The number of hydrogen-bond acceptors (Lipinski definition) is 8. The first-order valence-corrected chi connectivity index (χ1v) is 13.5. The van der Waals surface area contributed by atoms with E-state index in [9.17, 15) is 9.59 Å². The quantitative estimate of drug-likeness (QED) is 0.341. The minimum absolute atomic E-state index is 0.000955. The standard InChI is InChI=1S/C27H27N7O4S/c1-27(2,3)38-26(36)30-20(11-16-12-28-18-7-5-4-6-17(16)18)24-31-32-25-34(24)33-21(14-39-25)15-8-9-22-19(10-15)29-23(35)13-37-22/h4-10,12,20,28H,11,13-14H2,1-3H3,(H,29,35)(H,30,36). The Balaban J connectivity index is 1.36. The van der Waals surface area contributed by atoms with Crippen molar-refractivity contribution in [2.45, 2.75) is 44.0 Å². The Labute approximate surface area is 228 Å². The van der Waals surface area contributed by atoms with E-state index in [1.807, 2.05) is 69.4 Å². The zero-order chi connectivity index (χ0) is 27.1. The van der Waals surface area contributed by atoms with E-state index in [-0.39, 0.29) is 12.5 Å². The monoisotopic (exact) mass is 545 g/mol. The summed E-state index contributed by atoms with van der Waals surface area (Å²) in [5.41, 5.74) is 3.58. The number of aromatic amines is 1. The van der Waals surface area contributed by atoms with Gasteiger partial charge in [0, 0.05) is 34.8 Å². The summed E-state index contributed by atoms with van der Waals surface area (Å²) in [5, 5.41) is 21.2. The van der Waals surface area contributed by atoms with Gasteiger partial charge in [-0.25, -0.2) is 4.79 Å². The molecule has 3 N–H and O–H groups in total. The number of anilines is 1. The number of fused-ring (bicyclic) bond motifs is 3. The molecular formula is C27H27N7O4S. The van der Waals surface area contributed by atoms with E-state index in [4.69, 9.17) is 14.6 Å². The zero-order valence-electron chi connectivity index (χ0n) is 21.6. The fourth-order valence-electron chi connectivity index (χ4n) is 4.54. The molecule has 1 atom stereocenters. The molecule has 0 aliphatic carbocycles. The number of alkyl carbamates (subject to hydrolysis) is 1. The molecule has 2 aromatic heterocycles. The molecular weight excluding hydrogens is 518 g/mol. The van der Waals surface area contributed by atoms with Crippen molar-refractivity contribution in [1.29, 1.82) is 0 Å². The number of hydrogen-bond donors (Lipinski definition) is 3. The number of para-hydroxylation sites is 1. The molecule has 12 heteroatoms. The normalized spacial score (nSPS) is 15.5. The second kappa shape index (κ2) is 9.77. The minimum atomic E-state index is -0.660. The number of ether oxygens (including phenoxy) is 2. The van der Waals surface area contributed by atoms with E-state index >= 15 is 0 Å². The summed E-state index contributed by atoms with van der Waals surface area (Å²) in [7, 11) is 0. The average Bonchev–Trinajstić information content (AvgIpc) is 3.50. The van der Waals surface area contributed by atoms with Crippen LogP contribution in [0, 0.1) is 0 Å². The van der Waals surface area contributed by atoms with Gasteiger partial charge in [-0.15, -0.1) is 10.2 Å². The van der Waals surface area contributed by atoms with Crippen molar-refractivity contribution in [3.8, 4) is 5.75 Å². The molecule has 39 heavy (non-hydrogen) atoms. The number of amides is 2. The zero-order valence-corrected chi connectivity index (χ0v) is 22.5. The maximum absolute atomic E-state index is 12.9. The number of thioether (sulfide) groups is 1. The maximum Gasteiger partial charge on any atom is 0.408 e. The SMILES string of the molecule is CC(C)(C)OC(=O)NC(Cc1c[nH]c2ccccc12)c1nnc2n1N=C(c1ccc3c(c1)NC(=O)CO3)CS2. The fourth-order valence-corrected chi connectivity index (χ4v) is 5.39. The molecule has 6 rings (SSSR count). The number of H-pyrrole nitrogens is 1. The summed E-state index contributed by atoms with van der Waals surface area (Å²) in [5.74, 6) is 1.48. The van der Waals surface area contributed by atoms with Gasteiger partial charge in [0.25, 0.3) is 5.91 Å². The second-order valence-electron chi connectivity index (χ2n) is 10.3. The number of benzene rings is 2. The molecule has 0 fully saturated rings. The summed E-state index contributed by atoms with van der Waals surface area (Å²) in [6.45, 7) is 5.46. The van der Waals surface area contributed by atoms with Crippen LogP contribution < -0.4 is 15.4 Å². The van der Waals surface area contributed by atoms with Crippen molar-refractivity contribution in [2.24, 2.45) is 5.10 Å². The van der Waals surface area contributed by atoms with Gasteiger partial charge in [-0.2, -0.15) is 9.78 Å². The summed E-state index contributed by atoms with van der Waals surface area (Å²) in [6.07, 6.45) is 1.83. The fraction of sp³-hybridized carbons (Fsp3) is 0.296. The molecule has 1 unspecified atom stereocenters. The Kier molecular flexibility index (Phi) is 6.26. The molecule has 2 amide bonds. The van der Waals surface area contributed by atoms with Crippen molar-refractivity contribution < 1.29 is 19.1 Å². The van der Waals surface area contributed by atoms with Crippen LogP contribution in [-0.2, 0) is 16.0 Å². The Morgan fingerprint density at radius 2 is 2.08 bits per heavy atom. The van der Waals surface area contributed by atoms with Crippen molar-refractivity contribution >= 4 is 46.1 Å². The molecule has 0 spiro atoms. The highest BCUT2D eigenvalue weighted by atomic mass is 32.2. The van der Waals surface area contributed by atoms with E-state index in [0.717, 1.165) is 27.7 Å². The lowest BCUT2D eigenvalue weighted by Crippen LogP contribution is -2.37. The van der Waals surface area contributed by atoms with Crippen molar-refractivity contribution in [3.05, 3.63) is 65.6 Å². The Morgan fingerprint density at radius 3 is 2.92 bits per heavy atom. The van der Waals surface area contributed by atoms with Gasteiger partial charge in [-0.1, -0.05) is 30.0 Å². The van der Waals surface area contributed by atoms with Crippen molar-refractivity contribution in [1.82, 2.24) is 25.2 Å². The Morgan fingerprint density at radius 1 is 1.23 bits per heavy atom. The molecule has 2 aromatic carbocycles. The third kappa shape index (κ3) is 5.19. The van der Waals surface area contributed by atoms with Gasteiger partial charge >= 0.3 is 6.09 Å². The van der Waals surface area contributed by atoms with Crippen LogP contribution in [0.15, 0.2) is 58.9 Å². The van der Waals surface area contributed by atoms with Gasteiger partial charge in [0.15, 0.2) is 12.4 Å². The topological polar surface area (TPSA) is 136 Å². The summed E-state index contributed by atoms with van der Waals surface area (Å²) < 4.78 is 12.7. The molecule has 2 aliphatic heterocycles. The van der Waals surface area contributed by atoms with Crippen LogP contribution in [0.25, 0.3) is 10.9 Å². The predicted molar refractivity (Wildman–Crippen MR) is 147 cm³/mol. The first kappa shape index (κ1) is 25.0. The summed E-state index contributed by atoms with van der Waals surface area (Å²) in [4.78, 5) is 28.0. The molecule has 4 heterocycles. The highest BCUT2D eigenvalue weighted by Gasteiger charge is 2.29. The van der Waals surface area contributed by atoms with E-state index < -0.39 is 17.7 Å². The lowest BCUT2D eigenvalue weighted by molar-refractivity contribution is -0.118. The van der Waals surface area contributed by atoms with Gasteiger partial charge in [0.1, 0.15) is 11.4 Å². The van der Waals surface area contributed by atoms with Crippen LogP contribution in [0.4, 0.5) is 10.5 Å². The molecule has 11 nitrogen and oxygen atoms in total. The lowest BCUT2D eigenvalue weighted by Gasteiger charge is -2.24. The van der Waals surface area contributed by atoms with E-state index in [0.29, 0.717) is 34.6 Å². The van der Waals surface area contributed by atoms with Gasteiger partial charge in [0.05, 0.1) is 17.4 Å². The molecule has 0 bridgehead atoms. The van der Waals surface area contributed by atoms with Gasteiger partial charge in [0.2, 0.25) is 5.16 Å². The number of carbonyl (C=O) groups is 2. The average molecular weight is 546 g/mol. The van der Waals surface area contributed by atoms with Crippen LogP contribution in [-0.4, -0.2) is 55.5 Å². The highest BCUT2D eigenvalue weighted by molar-refractivity contribution is 7.99. The van der Waals surface area contributed by atoms with Gasteiger partial charge < -0.3 is 25.1 Å². The van der Waals surface area contributed by atoms with E-state index in [2.05, 4.69) is 25.8 Å². The third-order valence-corrected chi connectivity index (χ3v) is 7.17. The summed E-state index contributed by atoms with van der Waals surface area (Å²) in [6, 6.07) is 13.0. The Hall–Kier alpha value is -4.32. The third-order valence-electron chi connectivity index (χ3n) is 6.24. The second-order valence-corrected chi connectivity index (χ2v) is 11.2. The predicted octanol–water partition coefficient (Wildman–Crippen LogP) is 4.26. The van der Waals surface area contributed by atoms with Crippen LogP contribution in [0.5, 0.6) is 5.75 Å². The van der Waals surface area contributed by atoms with Gasteiger partial charge in [-0.05, 0) is 50.6 Å². The Bertz CT molecular complexity index is 1620. The molecule has 0 radical (unpaired) electrons. The van der Waals surface area contributed by atoms with Gasteiger partial charge in [-0.3, -0.25) is 4.79 Å². The molecule has 0 saturated heterocycles. The number of aromatic nitrogens is 4. The largest absolute Gasteiger partial charge is 0.482 e. The number of rotatable bonds is 5. The smallest absolute Gasteiger partial charge is 0.408 e. The number of carbonyl (C=O) groups excluding carboxylic acids is 2. The van der Waals surface area contributed by atoms with Crippen LogP contribution >= 0.6 is 11.8 Å². The van der Waals surface area contributed by atoms with Crippen LogP contribution in [0.3, 0.4) is 0 Å². The lowest BCUT2D eigenvalue weighted by atomic mass is 10.0. The van der Waals surface area contributed by atoms with Crippen LogP contribution in [0.1, 0.15) is 43.8 Å². The van der Waals surface area contributed by atoms with E-state index in [1.54, 1.807) is 4.68 Å². The first-order valence-electron chi connectivity index (χ1n) is 12.5. The number of nitrogens with one attached hydrogen (secondary N) is 3. The molecule has 200 valence electrons.